The highest BCUT2D eigenvalue weighted by molar-refractivity contribution is 6.30. The number of fused-ring (bicyclic) bond motifs is 1. The number of aliphatic hydroxyl groups is 1. The van der Waals surface area contributed by atoms with E-state index < -0.39 is 29.7 Å². The number of aliphatic hydroxyl groups excluding tert-OH is 1. The van der Waals surface area contributed by atoms with Crippen molar-refractivity contribution in [2.75, 3.05) is 13.4 Å². The minimum atomic E-state index is -0.927. The van der Waals surface area contributed by atoms with Crippen LogP contribution in [0.2, 0.25) is 5.02 Å². The molecule has 150 valence electrons. The summed E-state index contributed by atoms with van der Waals surface area (Å²) < 4.78 is 21.4. The van der Waals surface area contributed by atoms with Gasteiger partial charge in [-0.15, -0.1) is 0 Å². The van der Waals surface area contributed by atoms with Gasteiger partial charge in [0.1, 0.15) is 18.1 Å². The molecule has 3 rings (SSSR count). The summed E-state index contributed by atoms with van der Waals surface area (Å²) >= 11 is 6.22. The second-order valence-corrected chi connectivity index (χ2v) is 6.54. The highest BCUT2D eigenvalue weighted by Gasteiger charge is 2.31. The van der Waals surface area contributed by atoms with Gasteiger partial charge in [-0.25, -0.2) is 0 Å². The number of rotatable bonds is 6. The van der Waals surface area contributed by atoms with Gasteiger partial charge in [0.15, 0.2) is 12.6 Å². The largest absolute Gasteiger partial charge is 0.502 e. The average molecular weight is 411 g/mol. The van der Waals surface area contributed by atoms with Crippen molar-refractivity contribution in [1.82, 2.24) is 0 Å². The lowest BCUT2D eigenvalue weighted by molar-refractivity contribution is -0.143. The van der Waals surface area contributed by atoms with Crippen molar-refractivity contribution in [3.63, 3.8) is 0 Å². The van der Waals surface area contributed by atoms with E-state index in [1.807, 2.05) is 0 Å². The molecule has 2 N–H and O–H groups in total. The molecule has 0 saturated heterocycles. The van der Waals surface area contributed by atoms with Gasteiger partial charge in [0.2, 0.25) is 11.2 Å². The van der Waals surface area contributed by atoms with E-state index in [0.29, 0.717) is 21.9 Å². The quantitative estimate of drug-likeness (QED) is 0.698. The summed E-state index contributed by atoms with van der Waals surface area (Å²) in [5.74, 6) is -1.95. The average Bonchev–Trinajstić information content (AvgIpc) is 2.68. The first-order valence-electron chi connectivity index (χ1n) is 8.59. The smallest absolute Gasteiger partial charge is 0.306 e. The molecule has 0 bridgehead atoms. The van der Waals surface area contributed by atoms with Crippen LogP contribution >= 0.6 is 11.6 Å². The van der Waals surface area contributed by atoms with Gasteiger partial charge in [-0.2, -0.15) is 0 Å². The van der Waals surface area contributed by atoms with Gasteiger partial charge in [-0.3, -0.25) is 9.59 Å². The predicted octanol–water partition coefficient (Wildman–Crippen LogP) is 2.44. The first-order chi connectivity index (χ1) is 13.4. The van der Waals surface area contributed by atoms with Gasteiger partial charge in [0.25, 0.3) is 0 Å². The Labute approximate surface area is 165 Å². The van der Waals surface area contributed by atoms with E-state index in [1.54, 1.807) is 19.1 Å². The Bertz CT molecular complexity index is 936. The number of carbonyl (C=O) groups excluding carboxylic acids is 1. The number of esters is 1. The molecule has 9 heteroatoms. The Morgan fingerprint density at radius 3 is 2.86 bits per heavy atom. The van der Waals surface area contributed by atoms with Crippen LogP contribution in [0.1, 0.15) is 41.9 Å². The maximum Gasteiger partial charge on any atom is 0.306 e. The van der Waals surface area contributed by atoms with Crippen molar-refractivity contribution >= 4 is 17.6 Å². The lowest BCUT2D eigenvalue weighted by Crippen LogP contribution is -2.18. The third-order valence-electron chi connectivity index (χ3n) is 4.23. The highest BCUT2D eigenvalue weighted by atomic mass is 35.5. The standard InChI is InChI=1S/C19H19ClO8/c1-2-26-16(23)6-14(19-17(24)15(22)5-12(7-21)28-19)13-4-11(20)3-10-8-25-9-27-18(10)13/h3-5,14,21,24H,2,6-9H2,1H3/t14-/m0/s1. The number of hydrogen-bond acceptors (Lipinski definition) is 8. The molecular weight excluding hydrogens is 392 g/mol. The van der Waals surface area contributed by atoms with Crippen molar-refractivity contribution in [2.24, 2.45) is 0 Å². The van der Waals surface area contributed by atoms with Crippen molar-refractivity contribution in [3.05, 3.63) is 56.1 Å². The Balaban J connectivity index is 2.20. The van der Waals surface area contributed by atoms with Gasteiger partial charge in [0.05, 0.1) is 25.6 Å². The van der Waals surface area contributed by atoms with Crippen LogP contribution in [0.25, 0.3) is 0 Å². The fourth-order valence-corrected chi connectivity index (χ4v) is 3.32. The van der Waals surface area contributed by atoms with Crippen LogP contribution in [0.15, 0.2) is 27.4 Å². The molecule has 1 aliphatic heterocycles. The second-order valence-electron chi connectivity index (χ2n) is 6.10. The van der Waals surface area contributed by atoms with Crippen LogP contribution in [0.4, 0.5) is 0 Å². The summed E-state index contributed by atoms with van der Waals surface area (Å²) in [6.45, 7) is 1.53. The van der Waals surface area contributed by atoms with E-state index in [2.05, 4.69) is 0 Å². The molecule has 2 aromatic rings. The molecule has 0 aliphatic carbocycles. The van der Waals surface area contributed by atoms with Gasteiger partial charge >= 0.3 is 5.97 Å². The zero-order chi connectivity index (χ0) is 20.3. The van der Waals surface area contributed by atoms with Crippen molar-refractivity contribution in [1.29, 1.82) is 0 Å². The summed E-state index contributed by atoms with van der Waals surface area (Å²) in [7, 11) is 0. The molecule has 1 aliphatic rings. The number of halogens is 1. The molecule has 0 radical (unpaired) electrons. The van der Waals surface area contributed by atoms with E-state index in [-0.39, 0.29) is 37.9 Å². The third-order valence-corrected chi connectivity index (χ3v) is 4.45. The summed E-state index contributed by atoms with van der Waals surface area (Å²) in [5, 5.41) is 20.0. The summed E-state index contributed by atoms with van der Waals surface area (Å²) in [4.78, 5) is 24.3. The summed E-state index contributed by atoms with van der Waals surface area (Å²) in [5.41, 5.74) is 0.356. The van der Waals surface area contributed by atoms with Gasteiger partial charge in [-0.1, -0.05) is 11.6 Å². The molecule has 0 spiro atoms. The number of hydrogen-bond donors (Lipinski definition) is 2. The molecule has 2 heterocycles. The SMILES string of the molecule is CCOC(=O)C[C@@H](c1cc(Cl)cc2c1OCOC2)c1oc(CO)cc(=O)c1O. The van der Waals surface area contributed by atoms with E-state index in [9.17, 15) is 19.8 Å². The molecule has 1 aromatic carbocycles. The zero-order valence-corrected chi connectivity index (χ0v) is 15.8. The number of aromatic hydroxyl groups is 1. The Hall–Kier alpha value is -2.55. The van der Waals surface area contributed by atoms with Crippen molar-refractivity contribution < 1.29 is 33.6 Å². The minimum Gasteiger partial charge on any atom is -0.502 e. The first-order valence-corrected chi connectivity index (χ1v) is 8.97. The van der Waals surface area contributed by atoms with Crippen LogP contribution in [-0.4, -0.2) is 29.6 Å². The normalized spacial score (nSPS) is 14.1. The van der Waals surface area contributed by atoms with Gasteiger partial charge in [0, 0.05) is 22.2 Å². The van der Waals surface area contributed by atoms with E-state index in [4.69, 9.17) is 30.2 Å². The third kappa shape index (κ3) is 4.14. The van der Waals surface area contributed by atoms with Crippen LogP contribution in [0, 0.1) is 0 Å². The molecule has 0 amide bonds. The lowest BCUT2D eigenvalue weighted by Gasteiger charge is -2.25. The van der Waals surface area contributed by atoms with E-state index >= 15 is 0 Å². The van der Waals surface area contributed by atoms with Gasteiger partial charge < -0.3 is 28.8 Å². The van der Waals surface area contributed by atoms with Crippen LogP contribution in [-0.2, 0) is 27.5 Å². The van der Waals surface area contributed by atoms with E-state index in [1.165, 1.54) is 0 Å². The number of carbonyl (C=O) groups is 1. The minimum absolute atomic E-state index is 0.000366. The van der Waals surface area contributed by atoms with Crippen molar-refractivity contribution in [2.45, 2.75) is 32.5 Å². The van der Waals surface area contributed by atoms with Crippen LogP contribution in [0.3, 0.4) is 0 Å². The Morgan fingerprint density at radius 1 is 1.36 bits per heavy atom. The highest BCUT2D eigenvalue weighted by Crippen LogP contribution is 2.42. The number of ether oxygens (including phenoxy) is 3. The summed E-state index contributed by atoms with van der Waals surface area (Å²) in [6.07, 6.45) is -0.240. The summed E-state index contributed by atoms with van der Waals surface area (Å²) in [6, 6.07) is 4.22. The maximum atomic E-state index is 12.2. The first kappa shape index (κ1) is 20.2. The second kappa shape index (κ2) is 8.64. The van der Waals surface area contributed by atoms with Gasteiger partial charge in [-0.05, 0) is 19.1 Å². The fraction of sp³-hybridized carbons (Fsp3) is 0.368. The van der Waals surface area contributed by atoms with Crippen LogP contribution < -0.4 is 10.2 Å². The van der Waals surface area contributed by atoms with Crippen molar-refractivity contribution in [3.8, 4) is 11.5 Å². The molecule has 28 heavy (non-hydrogen) atoms. The molecule has 0 unspecified atom stereocenters. The maximum absolute atomic E-state index is 12.2. The van der Waals surface area contributed by atoms with E-state index in [0.717, 1.165) is 6.07 Å². The topological polar surface area (TPSA) is 115 Å². The van der Waals surface area contributed by atoms with Crippen LogP contribution in [0.5, 0.6) is 11.5 Å². The number of benzene rings is 1. The molecular formula is C19H19ClO8. The Morgan fingerprint density at radius 2 is 2.14 bits per heavy atom. The lowest BCUT2D eigenvalue weighted by atomic mass is 9.89. The molecule has 0 fully saturated rings. The molecule has 0 saturated carbocycles. The molecule has 8 nitrogen and oxygen atoms in total. The fourth-order valence-electron chi connectivity index (χ4n) is 3.07. The molecule has 1 aromatic heterocycles. The zero-order valence-electron chi connectivity index (χ0n) is 15.1. The predicted molar refractivity (Wildman–Crippen MR) is 97.4 cm³/mol. The molecule has 1 atom stereocenters. The monoisotopic (exact) mass is 410 g/mol. The Kier molecular flexibility index (Phi) is 6.23.